The third kappa shape index (κ3) is 3.44. The zero-order chi connectivity index (χ0) is 16.7. The van der Waals surface area contributed by atoms with Gasteiger partial charge in [-0.15, -0.1) is 4.41 Å². The van der Waals surface area contributed by atoms with Gasteiger partial charge in [0.1, 0.15) is 0 Å². The summed E-state index contributed by atoms with van der Waals surface area (Å²) < 4.78 is 49.8. The fourth-order valence-electron chi connectivity index (χ4n) is 2.43. The minimum absolute atomic E-state index is 0.0258. The first-order chi connectivity index (χ1) is 10.0. The Hall–Kier alpha value is -0.710. The fraction of sp³-hybridized carbons (Fsp3) is 0.500. The molecule has 0 aliphatic carbocycles. The first-order valence-electron chi connectivity index (χ1n) is 6.40. The van der Waals surface area contributed by atoms with E-state index in [0.29, 0.717) is 5.02 Å². The van der Waals surface area contributed by atoms with Gasteiger partial charge in [0.25, 0.3) is 10.0 Å². The number of benzene rings is 1. The molecule has 0 saturated carbocycles. The Morgan fingerprint density at radius 1 is 1.18 bits per heavy atom. The fourth-order valence-corrected chi connectivity index (χ4v) is 6.11. The number of hydrazine groups is 1. The summed E-state index contributed by atoms with van der Waals surface area (Å²) in [6.07, 6.45) is -1.27. The molecule has 10 heteroatoms. The first kappa shape index (κ1) is 17.6. The normalized spacial score (nSPS) is 25.0. The lowest BCUT2D eigenvalue weighted by Crippen LogP contribution is -2.53. The van der Waals surface area contributed by atoms with Crippen LogP contribution < -0.4 is 0 Å². The highest BCUT2D eigenvalue weighted by Crippen LogP contribution is 2.26. The van der Waals surface area contributed by atoms with Crippen molar-refractivity contribution in [2.45, 2.75) is 17.0 Å². The van der Waals surface area contributed by atoms with Crippen molar-refractivity contribution in [3.8, 4) is 0 Å². The van der Waals surface area contributed by atoms with Gasteiger partial charge in [0.15, 0.2) is 9.84 Å². The van der Waals surface area contributed by atoms with Crippen molar-refractivity contribution in [2.24, 2.45) is 0 Å². The summed E-state index contributed by atoms with van der Waals surface area (Å²) in [5.41, 5.74) is 0. The van der Waals surface area contributed by atoms with Gasteiger partial charge in [-0.05, 0) is 24.3 Å². The van der Waals surface area contributed by atoms with E-state index in [9.17, 15) is 21.9 Å². The van der Waals surface area contributed by atoms with Crippen LogP contribution in [0.25, 0.3) is 0 Å². The van der Waals surface area contributed by atoms with Crippen molar-refractivity contribution >= 4 is 31.5 Å². The number of hydrogen-bond donors (Lipinski definition) is 1. The van der Waals surface area contributed by atoms with Crippen molar-refractivity contribution in [3.63, 3.8) is 0 Å². The number of aliphatic hydroxyl groups is 1. The summed E-state index contributed by atoms with van der Waals surface area (Å²) in [6, 6.07) is 4.49. The van der Waals surface area contributed by atoms with E-state index in [4.69, 9.17) is 11.6 Å². The molecular formula is C12H17ClN2O5S2. The maximum atomic E-state index is 12.8. The lowest BCUT2D eigenvalue weighted by Gasteiger charge is -2.33. The van der Waals surface area contributed by atoms with E-state index in [1.54, 1.807) is 0 Å². The monoisotopic (exact) mass is 368 g/mol. The molecule has 1 fully saturated rings. The molecule has 1 aliphatic heterocycles. The van der Waals surface area contributed by atoms with Gasteiger partial charge < -0.3 is 5.11 Å². The molecule has 1 aromatic carbocycles. The summed E-state index contributed by atoms with van der Waals surface area (Å²) in [5, 5.41) is 11.6. The number of sulfonamides is 1. The summed E-state index contributed by atoms with van der Waals surface area (Å²) in [6.45, 7) is 0. The minimum atomic E-state index is -4.01. The molecule has 124 valence electrons. The average Bonchev–Trinajstić information content (AvgIpc) is 2.62. The number of hydrogen-bond acceptors (Lipinski definition) is 6. The van der Waals surface area contributed by atoms with E-state index in [1.165, 1.54) is 43.4 Å². The summed E-state index contributed by atoms with van der Waals surface area (Å²) >= 11 is 5.75. The van der Waals surface area contributed by atoms with Crippen LogP contribution in [0.1, 0.15) is 0 Å². The number of aliphatic hydroxyl groups excluding tert-OH is 1. The van der Waals surface area contributed by atoms with E-state index >= 15 is 0 Å². The quantitative estimate of drug-likeness (QED) is 0.750. The van der Waals surface area contributed by atoms with Crippen molar-refractivity contribution < 1.29 is 21.9 Å². The molecule has 0 aromatic heterocycles. The van der Waals surface area contributed by atoms with Crippen LogP contribution in [-0.2, 0) is 19.9 Å². The second-order valence-electron chi connectivity index (χ2n) is 5.29. The third-order valence-electron chi connectivity index (χ3n) is 3.33. The van der Waals surface area contributed by atoms with Gasteiger partial charge in [0.2, 0.25) is 0 Å². The van der Waals surface area contributed by atoms with Crippen molar-refractivity contribution in [2.75, 3.05) is 25.6 Å². The molecule has 1 aliphatic rings. The Morgan fingerprint density at radius 3 is 2.14 bits per heavy atom. The van der Waals surface area contributed by atoms with Crippen LogP contribution in [0.2, 0.25) is 5.02 Å². The molecule has 0 spiro atoms. The van der Waals surface area contributed by atoms with Gasteiger partial charge in [0, 0.05) is 19.1 Å². The highest BCUT2D eigenvalue weighted by atomic mass is 35.5. The Morgan fingerprint density at radius 2 is 1.73 bits per heavy atom. The Balaban J connectivity index is 2.46. The molecule has 1 aromatic rings. The second-order valence-corrected chi connectivity index (χ2v) is 9.68. The zero-order valence-electron chi connectivity index (χ0n) is 12.0. The molecule has 0 unspecified atom stereocenters. The standard InChI is InChI=1S/C12H17ClN2O5S2/c1-14(2)15(11-7-21(17,18)8-12(11)16)22(19,20)10-5-3-9(13)4-6-10/h3-6,11-12,16H,7-8H2,1-2H3/t11-,12+/m0/s1. The van der Waals surface area contributed by atoms with E-state index in [1.807, 2.05) is 0 Å². The van der Waals surface area contributed by atoms with Crippen LogP contribution >= 0.6 is 11.6 Å². The van der Waals surface area contributed by atoms with Gasteiger partial charge in [-0.1, -0.05) is 11.6 Å². The number of nitrogens with zero attached hydrogens (tertiary/aromatic N) is 2. The minimum Gasteiger partial charge on any atom is -0.390 e. The van der Waals surface area contributed by atoms with Gasteiger partial charge in [0.05, 0.1) is 28.5 Å². The van der Waals surface area contributed by atoms with Crippen molar-refractivity contribution in [3.05, 3.63) is 29.3 Å². The van der Waals surface area contributed by atoms with Crippen LogP contribution in [0.5, 0.6) is 0 Å². The van der Waals surface area contributed by atoms with Gasteiger partial charge in [-0.25, -0.2) is 21.8 Å². The molecule has 0 radical (unpaired) electrons. The molecule has 2 atom stereocenters. The van der Waals surface area contributed by atoms with E-state index < -0.39 is 43.5 Å². The average molecular weight is 369 g/mol. The van der Waals surface area contributed by atoms with E-state index in [0.717, 1.165) is 4.41 Å². The molecular weight excluding hydrogens is 352 g/mol. The topological polar surface area (TPSA) is 95.0 Å². The molecule has 1 heterocycles. The molecule has 0 amide bonds. The van der Waals surface area contributed by atoms with Crippen molar-refractivity contribution in [1.82, 2.24) is 9.42 Å². The van der Waals surface area contributed by atoms with Crippen LogP contribution in [0.3, 0.4) is 0 Å². The molecule has 0 bridgehead atoms. The van der Waals surface area contributed by atoms with Crippen LogP contribution in [-0.4, -0.2) is 69.1 Å². The smallest absolute Gasteiger partial charge is 0.256 e. The number of halogens is 1. The summed E-state index contributed by atoms with van der Waals surface area (Å²) in [4.78, 5) is -0.0258. The predicted molar refractivity (Wildman–Crippen MR) is 82.6 cm³/mol. The van der Waals surface area contributed by atoms with Crippen LogP contribution in [0.4, 0.5) is 0 Å². The molecule has 22 heavy (non-hydrogen) atoms. The maximum absolute atomic E-state index is 12.8. The lowest BCUT2D eigenvalue weighted by atomic mass is 10.2. The molecule has 1 N–H and O–H groups in total. The lowest BCUT2D eigenvalue weighted by molar-refractivity contribution is 0.0272. The van der Waals surface area contributed by atoms with Gasteiger partial charge in [-0.3, -0.25) is 0 Å². The van der Waals surface area contributed by atoms with E-state index in [2.05, 4.69) is 0 Å². The van der Waals surface area contributed by atoms with E-state index in [-0.39, 0.29) is 4.90 Å². The van der Waals surface area contributed by atoms with Crippen LogP contribution in [0.15, 0.2) is 29.2 Å². The SMILES string of the molecule is CN(C)N([C@H]1CS(=O)(=O)C[C@H]1O)S(=O)(=O)c1ccc(Cl)cc1. The van der Waals surface area contributed by atoms with Crippen molar-refractivity contribution in [1.29, 1.82) is 0 Å². The van der Waals surface area contributed by atoms with Gasteiger partial charge >= 0.3 is 0 Å². The molecule has 7 nitrogen and oxygen atoms in total. The highest BCUT2D eigenvalue weighted by molar-refractivity contribution is 7.92. The summed E-state index contributed by atoms with van der Waals surface area (Å²) in [7, 11) is -4.53. The van der Waals surface area contributed by atoms with Gasteiger partial charge in [-0.2, -0.15) is 0 Å². The number of sulfone groups is 1. The zero-order valence-corrected chi connectivity index (χ0v) is 14.4. The first-order valence-corrected chi connectivity index (χ1v) is 10.0. The largest absolute Gasteiger partial charge is 0.390 e. The second kappa shape index (κ2) is 6.06. The number of rotatable bonds is 4. The highest BCUT2D eigenvalue weighted by Gasteiger charge is 2.46. The Bertz CT molecular complexity index is 746. The predicted octanol–water partition coefficient (Wildman–Crippen LogP) is -0.0348. The summed E-state index contributed by atoms with van der Waals surface area (Å²) in [5.74, 6) is -0.864. The van der Waals surface area contributed by atoms with Crippen LogP contribution in [0, 0.1) is 0 Å². The molecule has 1 saturated heterocycles. The Labute approximate surface area is 135 Å². The third-order valence-corrected chi connectivity index (χ3v) is 7.24. The maximum Gasteiger partial charge on any atom is 0.256 e. The Kier molecular flexibility index (Phi) is 4.86. The molecule has 2 rings (SSSR count).